The summed E-state index contributed by atoms with van der Waals surface area (Å²) in [5.41, 5.74) is 0. The minimum atomic E-state index is -4.67. The Morgan fingerprint density at radius 1 is 0.627 bits per heavy atom. The molecule has 0 rings (SSSR count). The van der Waals surface area contributed by atoms with E-state index in [2.05, 4.69) is 56.4 Å². The second kappa shape index (κ2) is 39.3. The van der Waals surface area contributed by atoms with Gasteiger partial charge >= 0.3 is 11.9 Å². The van der Waals surface area contributed by atoms with E-state index in [9.17, 15) is 24.2 Å². The molecule has 0 bridgehead atoms. The van der Waals surface area contributed by atoms with Gasteiger partial charge in [0.05, 0.1) is 33.9 Å². The summed E-state index contributed by atoms with van der Waals surface area (Å²) in [5, 5.41) is 9.91. The molecule has 0 aromatic rings. The predicted molar refractivity (Wildman–Crippen MR) is 242 cm³/mol. The number of phosphoric acid groups is 1. The number of ether oxygens (including phenoxy) is 2. The topological polar surface area (TPSA) is 131 Å². The number of rotatable bonds is 39. The Bertz CT molecular complexity index is 1300. The third-order valence-corrected chi connectivity index (χ3v) is 9.96. The largest absolute Gasteiger partial charge is 0.756 e. The van der Waals surface area contributed by atoms with Crippen LogP contribution in [0.1, 0.15) is 149 Å². The molecule has 0 spiro atoms. The summed E-state index contributed by atoms with van der Waals surface area (Å²) in [6, 6.07) is 0. The van der Waals surface area contributed by atoms with E-state index in [-0.39, 0.29) is 32.2 Å². The number of carbonyl (C=O) groups is 2. The van der Waals surface area contributed by atoms with Crippen LogP contribution in [0, 0.1) is 0 Å². The number of phosphoric ester groups is 1. The number of hydrogen-bond donors (Lipinski definition) is 1. The lowest BCUT2D eigenvalue weighted by Gasteiger charge is -2.28. The molecule has 0 saturated carbocycles. The zero-order valence-electron chi connectivity index (χ0n) is 37.5. The number of nitrogens with zero attached hydrogens (tertiary/aromatic N) is 1. The number of likely N-dealkylation sites (N-methyl/N-ethyl adjacent to an activating group) is 1. The number of carbonyl (C=O) groups excluding carboxylic acids is 2. The van der Waals surface area contributed by atoms with Crippen molar-refractivity contribution >= 4 is 19.8 Å². The molecule has 0 amide bonds. The second-order valence-electron chi connectivity index (χ2n) is 15.9. The van der Waals surface area contributed by atoms with Crippen LogP contribution in [0.5, 0.6) is 0 Å². The summed E-state index contributed by atoms with van der Waals surface area (Å²) in [4.78, 5) is 37.5. The molecule has 0 aliphatic carbocycles. The molecule has 0 aromatic carbocycles. The maximum atomic E-state index is 12.7. The number of aliphatic hydroxyl groups is 1. The zero-order chi connectivity index (χ0) is 43.7. The smallest absolute Gasteiger partial charge is 0.306 e. The van der Waals surface area contributed by atoms with Gasteiger partial charge in [-0.1, -0.05) is 150 Å². The molecule has 3 atom stereocenters. The summed E-state index contributed by atoms with van der Waals surface area (Å²) in [6.07, 6.45) is 46.7. The van der Waals surface area contributed by atoms with Crippen LogP contribution in [0.25, 0.3) is 0 Å². The maximum Gasteiger partial charge on any atom is 0.306 e. The maximum absolute atomic E-state index is 12.7. The Labute approximate surface area is 359 Å². The highest BCUT2D eigenvalue weighted by Crippen LogP contribution is 2.38. The number of aliphatic hydroxyl groups excluding tert-OH is 1. The molecule has 0 aliphatic rings. The number of hydrogen-bond acceptors (Lipinski definition) is 9. The van der Waals surface area contributed by atoms with Gasteiger partial charge in [0.2, 0.25) is 0 Å². The van der Waals surface area contributed by atoms with E-state index in [1.54, 1.807) is 0 Å². The van der Waals surface area contributed by atoms with Crippen molar-refractivity contribution in [1.82, 2.24) is 0 Å². The lowest BCUT2D eigenvalue weighted by molar-refractivity contribution is -0.870. The van der Waals surface area contributed by atoms with Crippen LogP contribution in [0.15, 0.2) is 85.1 Å². The monoisotopic (exact) mass is 848 g/mol. The van der Waals surface area contributed by atoms with Gasteiger partial charge in [0.25, 0.3) is 7.82 Å². The third kappa shape index (κ3) is 43.1. The van der Waals surface area contributed by atoms with Crippen molar-refractivity contribution < 1.29 is 47.2 Å². The molecule has 0 heterocycles. The molecule has 0 aromatic heterocycles. The molecule has 59 heavy (non-hydrogen) atoms. The molecule has 0 radical (unpaired) electrons. The van der Waals surface area contributed by atoms with Crippen LogP contribution < -0.4 is 4.89 Å². The summed E-state index contributed by atoms with van der Waals surface area (Å²) >= 11 is 0. The van der Waals surface area contributed by atoms with Gasteiger partial charge in [0.1, 0.15) is 19.8 Å². The molecule has 1 unspecified atom stereocenters. The third-order valence-electron chi connectivity index (χ3n) is 8.99. The zero-order valence-corrected chi connectivity index (χ0v) is 38.4. The summed E-state index contributed by atoms with van der Waals surface area (Å²) in [7, 11) is 1.06. The van der Waals surface area contributed by atoms with Crippen LogP contribution in [-0.4, -0.2) is 81.2 Å². The minimum Gasteiger partial charge on any atom is -0.756 e. The SMILES string of the molecule is CCCCCCCC/C=C\C/C=C\C/C=C\CCCC(=O)OC[C@H](COP(=O)([O-])OCC[N+](C)(C)C)OC(=O)CCC/C=C\C/C=C\C/C=C\C=C\[C@@H](O)CCCCC. The van der Waals surface area contributed by atoms with Crippen molar-refractivity contribution in [3.63, 3.8) is 0 Å². The van der Waals surface area contributed by atoms with E-state index >= 15 is 0 Å². The van der Waals surface area contributed by atoms with Gasteiger partial charge in [-0.2, -0.15) is 0 Å². The number of allylic oxidation sites excluding steroid dienone is 13. The van der Waals surface area contributed by atoms with Crippen molar-refractivity contribution in [2.45, 2.75) is 161 Å². The normalized spacial score (nSPS) is 14.9. The Balaban J connectivity index is 4.59. The lowest BCUT2D eigenvalue weighted by atomic mass is 10.1. The highest BCUT2D eigenvalue weighted by Gasteiger charge is 2.21. The Hall–Kier alpha value is -2.85. The van der Waals surface area contributed by atoms with Crippen molar-refractivity contribution in [3.05, 3.63) is 85.1 Å². The van der Waals surface area contributed by atoms with Gasteiger partial charge in [-0.15, -0.1) is 0 Å². The van der Waals surface area contributed by atoms with Gasteiger partial charge in [-0.25, -0.2) is 0 Å². The Morgan fingerprint density at radius 3 is 1.73 bits per heavy atom. The van der Waals surface area contributed by atoms with Crippen LogP contribution in [0.2, 0.25) is 0 Å². The average molecular weight is 848 g/mol. The molecular weight excluding hydrogens is 765 g/mol. The van der Waals surface area contributed by atoms with E-state index in [1.165, 1.54) is 38.5 Å². The summed E-state index contributed by atoms with van der Waals surface area (Å²) in [6.45, 7) is 3.93. The first-order valence-electron chi connectivity index (χ1n) is 22.4. The number of unbranched alkanes of at least 4 members (excludes halogenated alkanes) is 10. The van der Waals surface area contributed by atoms with Gasteiger partial charge in [0.15, 0.2) is 6.10 Å². The molecule has 10 nitrogen and oxygen atoms in total. The molecule has 1 N–H and O–H groups in total. The fourth-order valence-electron chi connectivity index (χ4n) is 5.42. The predicted octanol–water partition coefficient (Wildman–Crippen LogP) is 11.1. The number of esters is 2. The Morgan fingerprint density at radius 2 is 1.14 bits per heavy atom. The Kier molecular flexibility index (Phi) is 37.4. The molecule has 11 heteroatoms. The summed E-state index contributed by atoms with van der Waals surface area (Å²) in [5.74, 6) is -0.996. The first kappa shape index (κ1) is 56.1. The van der Waals surface area contributed by atoms with Crippen molar-refractivity contribution in [1.29, 1.82) is 0 Å². The van der Waals surface area contributed by atoms with E-state index < -0.39 is 32.5 Å². The molecular formula is C48H82NO9P. The van der Waals surface area contributed by atoms with Crippen LogP contribution >= 0.6 is 7.82 Å². The van der Waals surface area contributed by atoms with E-state index in [1.807, 2.05) is 63.7 Å². The summed E-state index contributed by atoms with van der Waals surface area (Å²) < 4.78 is 33.7. The standard InChI is InChI=1S/C48H82NO9P/c1-6-8-10-11-12-13-14-15-16-17-18-19-22-25-28-31-35-39-47(51)55-43-46(44-57-59(53,54)56-42-41-49(3,4)5)58-48(52)40-36-32-29-26-23-20-21-24-27-30-34-38-45(50)37-33-9-7-2/h15-16,18-21,25-30,34,38,45-46,50H,6-14,17,22-24,31-33,35-37,39-44H2,1-5H3/b16-15-,19-18-,21-20-,28-25-,29-26-,30-27-,38-34+/t45-,46+/m0/s1. The van der Waals surface area contributed by atoms with E-state index in [0.29, 0.717) is 30.3 Å². The molecule has 338 valence electrons. The van der Waals surface area contributed by atoms with Gasteiger partial charge < -0.3 is 33.0 Å². The fraction of sp³-hybridized carbons (Fsp3) is 0.667. The first-order valence-corrected chi connectivity index (χ1v) is 23.9. The molecule has 0 aliphatic heterocycles. The van der Waals surface area contributed by atoms with Crippen molar-refractivity contribution in [3.8, 4) is 0 Å². The minimum absolute atomic E-state index is 0.0613. The van der Waals surface area contributed by atoms with Crippen molar-refractivity contribution in [2.24, 2.45) is 0 Å². The average Bonchev–Trinajstić information content (AvgIpc) is 3.18. The first-order chi connectivity index (χ1) is 28.4. The fourth-order valence-corrected chi connectivity index (χ4v) is 6.15. The van der Waals surface area contributed by atoms with Gasteiger partial charge in [-0.3, -0.25) is 14.2 Å². The van der Waals surface area contributed by atoms with E-state index in [4.69, 9.17) is 18.5 Å². The van der Waals surface area contributed by atoms with Crippen molar-refractivity contribution in [2.75, 3.05) is 47.5 Å². The molecule has 0 fully saturated rings. The number of quaternary nitrogens is 1. The van der Waals surface area contributed by atoms with Crippen LogP contribution in [0.3, 0.4) is 0 Å². The van der Waals surface area contributed by atoms with Gasteiger partial charge in [-0.05, 0) is 70.6 Å². The highest BCUT2D eigenvalue weighted by atomic mass is 31.2. The lowest BCUT2D eigenvalue weighted by Crippen LogP contribution is -2.37. The highest BCUT2D eigenvalue weighted by molar-refractivity contribution is 7.45. The van der Waals surface area contributed by atoms with Crippen LogP contribution in [0.4, 0.5) is 0 Å². The van der Waals surface area contributed by atoms with E-state index in [0.717, 1.165) is 64.2 Å². The van der Waals surface area contributed by atoms with Gasteiger partial charge in [0, 0.05) is 12.8 Å². The second-order valence-corrected chi connectivity index (χ2v) is 17.3. The van der Waals surface area contributed by atoms with Crippen LogP contribution in [-0.2, 0) is 32.7 Å². The quantitative estimate of drug-likeness (QED) is 0.0160. The molecule has 0 saturated heterocycles.